The van der Waals surface area contributed by atoms with Crippen molar-refractivity contribution in [3.05, 3.63) is 28.8 Å². The van der Waals surface area contributed by atoms with Crippen molar-refractivity contribution in [2.75, 3.05) is 39.8 Å². The van der Waals surface area contributed by atoms with Crippen molar-refractivity contribution < 1.29 is 14.4 Å². The summed E-state index contributed by atoms with van der Waals surface area (Å²) in [6.07, 6.45) is 1.31. The molecule has 1 aromatic rings. The zero-order valence-electron chi connectivity index (χ0n) is 12.8. The van der Waals surface area contributed by atoms with Gasteiger partial charge in [0.2, 0.25) is 5.91 Å². The Balaban J connectivity index is 1.68. The molecule has 0 saturated carbocycles. The van der Waals surface area contributed by atoms with E-state index in [2.05, 4.69) is 7.05 Å². The molecule has 0 spiro atoms. The second kappa shape index (κ2) is 7.66. The van der Waals surface area contributed by atoms with Crippen LogP contribution in [-0.4, -0.2) is 50.6 Å². The van der Waals surface area contributed by atoms with Crippen LogP contribution in [-0.2, 0) is 4.79 Å². The number of halogens is 1. The number of likely N-dealkylation sites (N-methyl/N-ethyl adjacent to an activating group) is 1. The Morgan fingerprint density at radius 2 is 2.10 bits per heavy atom. The number of carbonyl (C=O) groups excluding carboxylic acids is 1. The lowest BCUT2D eigenvalue weighted by Crippen LogP contribution is -3.12. The van der Waals surface area contributed by atoms with Crippen LogP contribution >= 0.6 is 11.6 Å². The Morgan fingerprint density at radius 3 is 2.76 bits per heavy atom. The number of aryl methyl sites for hydroxylation is 1. The molecule has 0 unspecified atom stereocenters. The summed E-state index contributed by atoms with van der Waals surface area (Å²) >= 11 is 5.91. The highest BCUT2D eigenvalue weighted by Crippen LogP contribution is 2.21. The number of carbonyl (C=O) groups is 1. The van der Waals surface area contributed by atoms with Crippen LogP contribution in [0.15, 0.2) is 18.2 Å². The Kier molecular flexibility index (Phi) is 5.88. The quantitative estimate of drug-likeness (QED) is 0.828. The fraction of sp³-hybridized carbons (Fsp3) is 0.562. The molecular weight excluding hydrogens is 288 g/mol. The van der Waals surface area contributed by atoms with E-state index < -0.39 is 0 Å². The number of benzene rings is 1. The lowest BCUT2D eigenvalue weighted by Gasteiger charge is -2.30. The van der Waals surface area contributed by atoms with Gasteiger partial charge in [-0.3, -0.25) is 4.79 Å². The van der Waals surface area contributed by atoms with Crippen molar-refractivity contribution in [2.45, 2.75) is 19.8 Å². The third-order valence-electron chi connectivity index (χ3n) is 3.90. The Labute approximate surface area is 131 Å². The first kappa shape index (κ1) is 16.1. The molecule has 0 bridgehead atoms. The van der Waals surface area contributed by atoms with Gasteiger partial charge in [-0.2, -0.15) is 0 Å². The minimum absolute atomic E-state index is 0.249. The van der Waals surface area contributed by atoms with Gasteiger partial charge in [-0.1, -0.05) is 11.6 Å². The molecule has 21 heavy (non-hydrogen) atoms. The first-order chi connectivity index (χ1) is 10.1. The van der Waals surface area contributed by atoms with E-state index in [1.165, 1.54) is 4.90 Å². The standard InChI is InChI=1S/C16H23ClN2O2/c1-13-12-14(17)5-6-15(13)21-11-3-4-16(20)19-9-7-18(2)8-10-19/h5-6,12H,3-4,7-11H2,1-2H3/p+1. The number of nitrogens with zero attached hydrogens (tertiary/aromatic N) is 1. The number of ether oxygens (including phenoxy) is 1. The summed E-state index contributed by atoms with van der Waals surface area (Å²) in [5.74, 6) is 1.09. The van der Waals surface area contributed by atoms with Crippen molar-refractivity contribution in [2.24, 2.45) is 0 Å². The van der Waals surface area contributed by atoms with Gasteiger partial charge < -0.3 is 14.5 Å². The van der Waals surface area contributed by atoms with E-state index in [0.29, 0.717) is 18.1 Å². The molecule has 4 nitrogen and oxygen atoms in total. The highest BCUT2D eigenvalue weighted by Gasteiger charge is 2.20. The number of quaternary nitrogens is 1. The van der Waals surface area contributed by atoms with Gasteiger partial charge in [-0.05, 0) is 37.1 Å². The summed E-state index contributed by atoms with van der Waals surface area (Å²) in [4.78, 5) is 15.5. The normalized spacial score (nSPS) is 16.0. The average Bonchev–Trinajstić information content (AvgIpc) is 2.46. The molecule has 0 radical (unpaired) electrons. The smallest absolute Gasteiger partial charge is 0.223 e. The van der Waals surface area contributed by atoms with Crippen LogP contribution in [0.25, 0.3) is 0 Å². The van der Waals surface area contributed by atoms with Gasteiger partial charge in [0.1, 0.15) is 5.75 Å². The lowest BCUT2D eigenvalue weighted by atomic mass is 10.2. The maximum atomic E-state index is 12.1. The first-order valence-corrected chi connectivity index (χ1v) is 7.92. The summed E-state index contributed by atoms with van der Waals surface area (Å²) in [6.45, 7) is 6.38. The van der Waals surface area contributed by atoms with Gasteiger partial charge in [-0.25, -0.2) is 0 Å². The highest BCUT2D eigenvalue weighted by molar-refractivity contribution is 6.30. The fourth-order valence-electron chi connectivity index (χ4n) is 2.48. The van der Waals surface area contributed by atoms with Gasteiger partial charge in [-0.15, -0.1) is 0 Å². The summed E-state index contributed by atoms with van der Waals surface area (Å²) in [5, 5.41) is 0.715. The van der Waals surface area contributed by atoms with Gasteiger partial charge >= 0.3 is 0 Å². The summed E-state index contributed by atoms with van der Waals surface area (Å²) in [6, 6.07) is 5.58. The van der Waals surface area contributed by atoms with Crippen molar-refractivity contribution in [3.8, 4) is 5.75 Å². The minimum Gasteiger partial charge on any atom is -0.493 e. The van der Waals surface area contributed by atoms with E-state index in [9.17, 15) is 4.79 Å². The molecule has 5 heteroatoms. The Hall–Kier alpha value is -1.26. The molecule has 2 rings (SSSR count). The number of amides is 1. The molecule has 1 N–H and O–H groups in total. The van der Waals surface area contributed by atoms with Crippen LogP contribution in [0.3, 0.4) is 0 Å². The largest absolute Gasteiger partial charge is 0.493 e. The number of piperazine rings is 1. The van der Waals surface area contributed by atoms with Crippen molar-refractivity contribution >= 4 is 17.5 Å². The van der Waals surface area contributed by atoms with Crippen LogP contribution in [0.2, 0.25) is 5.02 Å². The number of rotatable bonds is 5. The van der Waals surface area contributed by atoms with Crippen molar-refractivity contribution in [1.29, 1.82) is 0 Å². The predicted octanol–water partition coefficient (Wildman–Crippen LogP) is 1.16. The summed E-state index contributed by atoms with van der Waals surface area (Å²) in [7, 11) is 2.17. The maximum absolute atomic E-state index is 12.1. The van der Waals surface area contributed by atoms with Crippen LogP contribution in [0, 0.1) is 6.92 Å². The molecule has 1 fully saturated rings. The number of hydrogen-bond donors (Lipinski definition) is 1. The zero-order valence-corrected chi connectivity index (χ0v) is 13.6. The maximum Gasteiger partial charge on any atom is 0.223 e. The molecule has 0 aromatic heterocycles. The summed E-state index contributed by atoms with van der Waals surface area (Å²) < 4.78 is 5.71. The van der Waals surface area contributed by atoms with Crippen molar-refractivity contribution in [1.82, 2.24) is 4.90 Å². The lowest BCUT2D eigenvalue weighted by molar-refractivity contribution is -0.883. The third kappa shape index (κ3) is 4.90. The van der Waals surface area contributed by atoms with Crippen molar-refractivity contribution in [3.63, 3.8) is 0 Å². The van der Waals surface area contributed by atoms with Gasteiger partial charge in [0, 0.05) is 11.4 Å². The van der Waals surface area contributed by atoms with Crippen LogP contribution in [0.1, 0.15) is 18.4 Å². The Morgan fingerprint density at radius 1 is 1.38 bits per heavy atom. The van der Waals surface area contributed by atoms with Crippen LogP contribution in [0.4, 0.5) is 0 Å². The molecular formula is C16H24ClN2O2+. The molecule has 0 aliphatic carbocycles. The first-order valence-electron chi connectivity index (χ1n) is 7.54. The minimum atomic E-state index is 0.249. The SMILES string of the molecule is Cc1cc(Cl)ccc1OCCCC(=O)N1CC[NH+](C)CC1. The van der Waals surface area contributed by atoms with Gasteiger partial charge in [0.25, 0.3) is 0 Å². The summed E-state index contributed by atoms with van der Waals surface area (Å²) in [5.41, 5.74) is 1.02. The van der Waals surface area contributed by atoms with E-state index in [-0.39, 0.29) is 5.91 Å². The topological polar surface area (TPSA) is 34.0 Å². The molecule has 1 aromatic carbocycles. The molecule has 0 atom stereocenters. The van der Waals surface area contributed by atoms with E-state index in [0.717, 1.165) is 43.9 Å². The van der Waals surface area contributed by atoms with Crippen LogP contribution < -0.4 is 9.64 Å². The fourth-order valence-corrected chi connectivity index (χ4v) is 2.70. The molecule has 116 valence electrons. The molecule has 1 amide bonds. The van der Waals surface area contributed by atoms with E-state index in [1.54, 1.807) is 0 Å². The van der Waals surface area contributed by atoms with Gasteiger partial charge in [0.15, 0.2) is 0 Å². The second-order valence-electron chi connectivity index (χ2n) is 5.70. The molecule has 1 aliphatic rings. The molecule has 1 aliphatic heterocycles. The average molecular weight is 312 g/mol. The Bertz CT molecular complexity index is 485. The molecule has 1 saturated heterocycles. The van der Waals surface area contributed by atoms with E-state index in [1.807, 2.05) is 30.0 Å². The van der Waals surface area contributed by atoms with E-state index >= 15 is 0 Å². The zero-order chi connectivity index (χ0) is 15.2. The second-order valence-corrected chi connectivity index (χ2v) is 6.14. The van der Waals surface area contributed by atoms with Crippen LogP contribution in [0.5, 0.6) is 5.75 Å². The third-order valence-corrected chi connectivity index (χ3v) is 4.13. The van der Waals surface area contributed by atoms with Gasteiger partial charge in [0.05, 0.1) is 39.8 Å². The monoisotopic (exact) mass is 311 g/mol. The number of hydrogen-bond acceptors (Lipinski definition) is 2. The predicted molar refractivity (Wildman–Crippen MR) is 84.1 cm³/mol. The van der Waals surface area contributed by atoms with E-state index in [4.69, 9.17) is 16.3 Å². The highest BCUT2D eigenvalue weighted by atomic mass is 35.5. The number of nitrogens with one attached hydrogen (secondary N) is 1. The molecule has 1 heterocycles.